The normalized spacial score (nSPS) is 20.6. The number of hydrogen-bond acceptors (Lipinski definition) is 5. The van der Waals surface area contributed by atoms with Crippen molar-refractivity contribution in [1.29, 1.82) is 0 Å². The van der Waals surface area contributed by atoms with Gasteiger partial charge in [0, 0.05) is 49.5 Å². The van der Waals surface area contributed by atoms with E-state index in [-0.39, 0.29) is 18.4 Å². The van der Waals surface area contributed by atoms with Gasteiger partial charge in [0.05, 0.1) is 17.8 Å². The Morgan fingerprint density at radius 3 is 2.51 bits per heavy atom. The highest BCUT2D eigenvalue weighted by Crippen LogP contribution is 2.46. The van der Waals surface area contributed by atoms with E-state index in [4.69, 9.17) is 4.99 Å². The molecule has 7 rings (SSSR count). The zero-order chi connectivity index (χ0) is 25.5. The largest absolute Gasteiger partial charge is 0.390 e. The Hall–Kier alpha value is -3.52. The molecule has 1 N–H and O–H groups in total. The first-order chi connectivity index (χ1) is 17.9. The van der Waals surface area contributed by atoms with E-state index in [1.165, 1.54) is 0 Å². The second kappa shape index (κ2) is 7.99. The van der Waals surface area contributed by atoms with E-state index in [0.29, 0.717) is 18.4 Å². The molecule has 37 heavy (non-hydrogen) atoms. The Kier molecular flexibility index (Phi) is 4.89. The fourth-order valence-electron chi connectivity index (χ4n) is 5.90. The molecule has 8 heteroatoms. The van der Waals surface area contributed by atoms with Crippen molar-refractivity contribution in [3.63, 3.8) is 0 Å². The number of likely N-dealkylation sites (tertiary alicyclic amines) is 1. The summed E-state index contributed by atoms with van der Waals surface area (Å²) in [6.07, 6.45) is 3.69. The van der Waals surface area contributed by atoms with Crippen LogP contribution in [0.4, 0.5) is 0 Å². The molecule has 0 unspecified atom stereocenters. The molecule has 0 bridgehead atoms. The van der Waals surface area contributed by atoms with E-state index in [1.807, 2.05) is 22.9 Å². The van der Waals surface area contributed by atoms with Gasteiger partial charge in [0.1, 0.15) is 11.4 Å². The van der Waals surface area contributed by atoms with Crippen LogP contribution in [0.3, 0.4) is 0 Å². The van der Waals surface area contributed by atoms with Crippen LogP contribution in [-0.4, -0.2) is 67.5 Å². The van der Waals surface area contributed by atoms with Crippen molar-refractivity contribution >= 4 is 28.6 Å². The third kappa shape index (κ3) is 3.61. The first-order valence-electron chi connectivity index (χ1n) is 13.3. The van der Waals surface area contributed by atoms with Gasteiger partial charge in [-0.25, -0.2) is 0 Å². The Balaban J connectivity index is 1.15. The lowest BCUT2D eigenvalue weighted by Gasteiger charge is -2.41. The fourth-order valence-corrected chi connectivity index (χ4v) is 5.90. The highest BCUT2D eigenvalue weighted by Gasteiger charge is 2.58. The van der Waals surface area contributed by atoms with Crippen LogP contribution >= 0.6 is 0 Å². The molecular formula is C29H31N5O3. The topological polar surface area (TPSA) is 91.0 Å². The van der Waals surface area contributed by atoms with Crippen LogP contribution in [0.2, 0.25) is 0 Å². The number of aromatic nitrogens is 2. The van der Waals surface area contributed by atoms with Crippen LogP contribution < -0.4 is 0 Å². The number of aliphatic hydroxyl groups excluding tert-OH is 1. The molecule has 3 aromatic rings. The molecular weight excluding hydrogens is 466 g/mol. The molecule has 4 aliphatic rings. The molecule has 190 valence electrons. The van der Waals surface area contributed by atoms with Gasteiger partial charge in [0.25, 0.3) is 5.91 Å². The van der Waals surface area contributed by atoms with Crippen molar-refractivity contribution < 1.29 is 14.7 Å². The number of carbonyl (C=O) groups is 2. The van der Waals surface area contributed by atoms with E-state index < -0.39 is 5.54 Å². The molecule has 8 nitrogen and oxygen atoms in total. The fraction of sp³-hybridized carbons (Fsp3) is 0.448. The number of aliphatic imine (C=N–C) groups is 1. The number of amides is 2. The summed E-state index contributed by atoms with van der Waals surface area (Å²) in [6, 6.07) is 12.4. The molecule has 0 atom stereocenters. The minimum atomic E-state index is -0.556. The van der Waals surface area contributed by atoms with Gasteiger partial charge in [-0.05, 0) is 61.4 Å². The van der Waals surface area contributed by atoms with Gasteiger partial charge < -0.3 is 10.0 Å². The van der Waals surface area contributed by atoms with Crippen molar-refractivity contribution in [2.75, 3.05) is 19.6 Å². The number of carbonyl (C=O) groups excluding carboxylic acids is 2. The minimum Gasteiger partial charge on any atom is -0.390 e. The molecule has 3 fully saturated rings. The molecule has 2 saturated carbocycles. The van der Waals surface area contributed by atoms with Gasteiger partial charge >= 0.3 is 0 Å². The number of fused-ring (bicyclic) bond motifs is 1. The summed E-state index contributed by atoms with van der Waals surface area (Å²) in [6.45, 7) is 4.11. The summed E-state index contributed by atoms with van der Waals surface area (Å²) >= 11 is 0. The standard InChI is InChI=1S/C29H31N5O3/c1-17-11-20(21-6-8-24-23(12-21)25(16-35)32(2)31-24)5-7-22(17)26-30-29(9-10-29)28(37)34(26)15-18-13-33(14-18)27(36)19-3-4-19/h5-8,11-12,18-19,35H,3-4,9-10,13-16H2,1-2H3. The van der Waals surface area contributed by atoms with E-state index in [9.17, 15) is 14.7 Å². The molecule has 1 aromatic heterocycles. The van der Waals surface area contributed by atoms with Crippen molar-refractivity contribution in [1.82, 2.24) is 19.6 Å². The number of rotatable bonds is 6. The maximum absolute atomic E-state index is 13.4. The van der Waals surface area contributed by atoms with Gasteiger partial charge in [0.15, 0.2) is 0 Å². The summed E-state index contributed by atoms with van der Waals surface area (Å²) in [5.41, 5.74) is 5.29. The molecule has 1 saturated heterocycles. The lowest BCUT2D eigenvalue weighted by molar-refractivity contribution is -0.139. The van der Waals surface area contributed by atoms with E-state index in [0.717, 1.165) is 83.5 Å². The first kappa shape index (κ1) is 22.7. The van der Waals surface area contributed by atoms with Gasteiger partial charge in [0.2, 0.25) is 5.91 Å². The zero-order valence-electron chi connectivity index (χ0n) is 21.3. The molecule has 2 aliphatic carbocycles. The van der Waals surface area contributed by atoms with Crippen LogP contribution in [0.15, 0.2) is 41.4 Å². The number of nitrogens with zero attached hydrogens (tertiary/aromatic N) is 5. The molecule has 1 spiro atoms. The van der Waals surface area contributed by atoms with Crippen molar-refractivity contribution in [2.45, 2.75) is 44.8 Å². The average Bonchev–Trinajstić information content (AvgIpc) is 3.78. The number of hydrogen-bond donors (Lipinski definition) is 1. The van der Waals surface area contributed by atoms with Gasteiger partial charge in [-0.1, -0.05) is 24.3 Å². The minimum absolute atomic E-state index is 0.0622. The molecule has 2 aromatic carbocycles. The summed E-state index contributed by atoms with van der Waals surface area (Å²) in [5.74, 6) is 1.74. The Morgan fingerprint density at radius 1 is 1.11 bits per heavy atom. The quantitative estimate of drug-likeness (QED) is 0.567. The third-order valence-corrected chi connectivity index (χ3v) is 8.48. The Morgan fingerprint density at radius 2 is 1.84 bits per heavy atom. The van der Waals surface area contributed by atoms with E-state index >= 15 is 0 Å². The average molecular weight is 498 g/mol. The van der Waals surface area contributed by atoms with E-state index in [1.54, 1.807) is 4.68 Å². The third-order valence-electron chi connectivity index (χ3n) is 8.48. The van der Waals surface area contributed by atoms with Gasteiger partial charge in [-0.2, -0.15) is 5.10 Å². The maximum atomic E-state index is 13.4. The highest BCUT2D eigenvalue weighted by molar-refractivity contribution is 6.17. The van der Waals surface area contributed by atoms with Crippen LogP contribution in [-0.2, 0) is 23.2 Å². The Bertz CT molecular complexity index is 1490. The smallest absolute Gasteiger partial charge is 0.256 e. The molecule has 2 amide bonds. The zero-order valence-corrected chi connectivity index (χ0v) is 21.3. The van der Waals surface area contributed by atoms with Crippen molar-refractivity contribution in [2.24, 2.45) is 23.9 Å². The van der Waals surface area contributed by atoms with Crippen LogP contribution in [0, 0.1) is 18.8 Å². The summed E-state index contributed by atoms with van der Waals surface area (Å²) < 4.78 is 1.73. The SMILES string of the molecule is Cc1cc(-c2ccc3nn(C)c(CO)c3c2)ccc1C1=NC2(CC2)C(=O)N1CC1CN(C(=O)C2CC2)C1. The second-order valence-electron chi connectivity index (χ2n) is 11.3. The van der Waals surface area contributed by atoms with E-state index in [2.05, 4.69) is 42.4 Å². The highest BCUT2D eigenvalue weighted by atomic mass is 16.3. The summed E-state index contributed by atoms with van der Waals surface area (Å²) in [7, 11) is 1.85. The summed E-state index contributed by atoms with van der Waals surface area (Å²) in [5, 5.41) is 15.2. The lowest BCUT2D eigenvalue weighted by atomic mass is 9.96. The monoisotopic (exact) mass is 497 g/mol. The van der Waals surface area contributed by atoms with Crippen molar-refractivity contribution in [3.8, 4) is 11.1 Å². The number of amidine groups is 1. The molecule has 0 radical (unpaired) electrons. The predicted octanol–water partition coefficient (Wildman–Crippen LogP) is 3.03. The summed E-state index contributed by atoms with van der Waals surface area (Å²) in [4.78, 5) is 34.5. The first-order valence-corrected chi connectivity index (χ1v) is 13.3. The molecule has 3 heterocycles. The second-order valence-corrected chi connectivity index (χ2v) is 11.3. The van der Waals surface area contributed by atoms with Crippen molar-refractivity contribution in [3.05, 3.63) is 53.2 Å². The van der Waals surface area contributed by atoms with Crippen LogP contribution in [0.5, 0.6) is 0 Å². The van der Waals surface area contributed by atoms with Crippen LogP contribution in [0.1, 0.15) is 42.5 Å². The molecule has 2 aliphatic heterocycles. The van der Waals surface area contributed by atoms with Crippen LogP contribution in [0.25, 0.3) is 22.0 Å². The van der Waals surface area contributed by atoms with Gasteiger partial charge in [-0.15, -0.1) is 0 Å². The lowest BCUT2D eigenvalue weighted by Crippen LogP contribution is -2.55. The maximum Gasteiger partial charge on any atom is 0.256 e. The number of aryl methyl sites for hydroxylation is 2. The predicted molar refractivity (Wildman–Crippen MR) is 140 cm³/mol. The Labute approximate surface area is 215 Å². The van der Waals surface area contributed by atoms with Gasteiger partial charge in [-0.3, -0.25) is 24.2 Å². The number of benzene rings is 2. The number of aliphatic hydroxyl groups is 1.